The van der Waals surface area contributed by atoms with Crippen molar-refractivity contribution in [3.63, 3.8) is 0 Å². The number of esters is 1. The number of hydrogen-bond donors (Lipinski definition) is 1. The first kappa shape index (κ1) is 17.2. The molecule has 0 saturated carbocycles. The van der Waals surface area contributed by atoms with Gasteiger partial charge in [-0.05, 0) is 12.1 Å². The second kappa shape index (κ2) is 7.57. The van der Waals surface area contributed by atoms with E-state index in [9.17, 15) is 20.0 Å². The molecule has 1 rings (SSSR count). The summed E-state index contributed by atoms with van der Waals surface area (Å²) in [7, 11) is 0. The molecule has 0 heterocycles. The van der Waals surface area contributed by atoms with E-state index in [0.717, 1.165) is 12.1 Å². The third-order valence-electron chi connectivity index (χ3n) is 2.03. The van der Waals surface area contributed by atoms with Gasteiger partial charge in [0.15, 0.2) is 0 Å². The van der Waals surface area contributed by atoms with E-state index in [1.165, 1.54) is 12.1 Å². The van der Waals surface area contributed by atoms with Gasteiger partial charge in [-0.3, -0.25) is 14.9 Å². The number of ether oxygens (including phenoxy) is 1. The van der Waals surface area contributed by atoms with Crippen LogP contribution in [0.4, 0.5) is 5.69 Å². The van der Waals surface area contributed by atoms with E-state index in [4.69, 9.17) is 13.0 Å². The molecule has 0 aliphatic carbocycles. The average molecular weight is 317 g/mol. The number of nitrogens with zero attached hydrogens (tertiary/aromatic N) is 2. The minimum absolute atomic E-state index is 0. The van der Waals surface area contributed by atoms with Crippen molar-refractivity contribution in [3.05, 3.63) is 57.1 Å². The number of rotatable bonds is 3. The first-order chi connectivity index (χ1) is 9.01. The molecule has 1 N–H and O–H groups in total. The fourth-order valence-corrected chi connectivity index (χ4v) is 1.17. The molecule has 0 unspecified atom stereocenters. The Labute approximate surface area is 123 Å². The average Bonchev–Trinajstić information content (AvgIpc) is 2.39. The molecule has 0 atom stereocenters. The smallest absolute Gasteiger partial charge is 0.354 e. The first-order valence-electron chi connectivity index (χ1n) is 4.73. The first-order valence-corrected chi connectivity index (χ1v) is 4.73. The van der Waals surface area contributed by atoms with Gasteiger partial charge in [0.2, 0.25) is 0 Å². The number of non-ortho nitro benzene ring substituents is 1. The zero-order valence-electron chi connectivity index (χ0n) is 9.68. The van der Waals surface area contributed by atoms with Crippen LogP contribution in [0.3, 0.4) is 0 Å². The molecule has 0 amide bonds. The largest absolute Gasteiger partial charge is 0.518 e. The number of nitro groups is 1. The van der Waals surface area contributed by atoms with Crippen LogP contribution in [0.2, 0.25) is 0 Å². The molecule has 0 aliphatic heterocycles. The molecule has 1 aromatic rings. The summed E-state index contributed by atoms with van der Waals surface area (Å²) in [4.78, 5) is 23.9. The van der Waals surface area contributed by atoms with Crippen LogP contribution in [0.5, 0.6) is 0 Å². The molecule has 20 heavy (non-hydrogen) atoms. The van der Waals surface area contributed by atoms with E-state index >= 15 is 0 Å². The topological polar surface area (TPSA) is 94.0 Å². The van der Waals surface area contributed by atoms with Gasteiger partial charge in [0.05, 0.1) is 11.5 Å². The SMILES string of the molecule is [C-]#[N+]/C(C(=O)OC#C)=C(/O)c1ccc([N+](=O)[O-])cc1.[Ni]. The van der Waals surface area contributed by atoms with Crippen molar-refractivity contribution in [2.75, 3.05) is 0 Å². The number of nitro benzene ring substituents is 1. The quantitative estimate of drug-likeness (QED) is 0.134. The van der Waals surface area contributed by atoms with Crippen molar-refractivity contribution < 1.29 is 36.1 Å². The molecule has 0 saturated heterocycles. The van der Waals surface area contributed by atoms with E-state index in [1.807, 2.05) is 0 Å². The molecule has 0 bridgehead atoms. The van der Waals surface area contributed by atoms with Gasteiger partial charge in [-0.1, -0.05) is 6.42 Å². The summed E-state index contributed by atoms with van der Waals surface area (Å²) >= 11 is 0. The minimum atomic E-state index is -1.17. The van der Waals surface area contributed by atoms with Gasteiger partial charge >= 0.3 is 11.7 Å². The van der Waals surface area contributed by atoms with Gasteiger partial charge < -0.3 is 9.84 Å². The number of carbonyl (C=O) groups excluding carboxylic acids is 1. The van der Waals surface area contributed by atoms with E-state index in [1.54, 1.807) is 6.11 Å². The van der Waals surface area contributed by atoms with Gasteiger partial charge in [-0.2, -0.15) is 0 Å². The third kappa shape index (κ3) is 3.84. The molecule has 104 valence electrons. The fourth-order valence-electron chi connectivity index (χ4n) is 1.17. The molecular formula is C12H6N2NiO5. The summed E-state index contributed by atoms with van der Waals surface area (Å²) in [6.07, 6.45) is 6.32. The number of aliphatic hydroxyl groups excluding tert-OH is 1. The molecule has 0 spiro atoms. The maximum atomic E-state index is 11.3. The van der Waals surface area contributed by atoms with Gasteiger partial charge in [0.1, 0.15) is 11.9 Å². The fraction of sp³-hybridized carbons (Fsp3) is 0. The Morgan fingerprint density at radius 3 is 2.40 bits per heavy atom. The summed E-state index contributed by atoms with van der Waals surface area (Å²) < 4.78 is 4.15. The maximum absolute atomic E-state index is 11.3. The molecule has 7 nitrogen and oxygen atoms in total. The summed E-state index contributed by atoms with van der Waals surface area (Å²) in [5, 5.41) is 20.2. The second-order valence-electron chi connectivity index (χ2n) is 3.12. The predicted octanol–water partition coefficient (Wildman–Crippen LogP) is 1.87. The molecule has 0 fully saturated rings. The van der Waals surface area contributed by atoms with Crippen LogP contribution in [-0.4, -0.2) is 16.0 Å². The molecule has 0 aliphatic rings. The summed E-state index contributed by atoms with van der Waals surface area (Å²) in [6, 6.07) is 4.64. The number of terminal acetylenes is 1. The zero-order chi connectivity index (χ0) is 14.4. The van der Waals surface area contributed by atoms with Crippen LogP contribution >= 0.6 is 0 Å². The Bertz CT molecular complexity index is 637. The molecular weight excluding hydrogens is 311 g/mol. The molecule has 8 heteroatoms. The molecule has 0 radical (unpaired) electrons. The number of benzene rings is 1. The van der Waals surface area contributed by atoms with Crippen molar-refractivity contribution in [3.8, 4) is 12.5 Å². The van der Waals surface area contributed by atoms with Crippen molar-refractivity contribution in [1.29, 1.82) is 0 Å². The second-order valence-corrected chi connectivity index (χ2v) is 3.12. The molecule has 1 aromatic carbocycles. The molecule has 0 aromatic heterocycles. The Hall–Kier alpha value is -2.83. The Balaban J connectivity index is 0.00000361. The summed E-state index contributed by atoms with van der Waals surface area (Å²) in [5.41, 5.74) is -0.829. The van der Waals surface area contributed by atoms with Crippen molar-refractivity contribution in [2.24, 2.45) is 0 Å². The third-order valence-corrected chi connectivity index (χ3v) is 2.03. The normalized spacial score (nSPS) is 10.1. The summed E-state index contributed by atoms with van der Waals surface area (Å²) in [5.74, 6) is -1.83. The van der Waals surface area contributed by atoms with Crippen LogP contribution in [0.1, 0.15) is 5.56 Å². The van der Waals surface area contributed by atoms with Crippen LogP contribution < -0.4 is 0 Å². The number of hydrogen-bond acceptors (Lipinski definition) is 5. The Morgan fingerprint density at radius 2 is 2.00 bits per heavy atom. The van der Waals surface area contributed by atoms with Crippen LogP contribution in [0, 0.1) is 29.2 Å². The Morgan fingerprint density at radius 1 is 1.45 bits per heavy atom. The van der Waals surface area contributed by atoms with Gasteiger partial charge in [-0.25, -0.2) is 4.85 Å². The summed E-state index contributed by atoms with van der Waals surface area (Å²) in [6.45, 7) is 6.79. The van der Waals surface area contributed by atoms with E-state index in [2.05, 4.69) is 9.58 Å². The van der Waals surface area contributed by atoms with E-state index in [0.29, 0.717) is 0 Å². The van der Waals surface area contributed by atoms with E-state index in [-0.39, 0.29) is 27.7 Å². The number of carbonyl (C=O) groups is 1. The minimum Gasteiger partial charge on any atom is -0.518 e. The van der Waals surface area contributed by atoms with Gasteiger partial charge in [0, 0.05) is 34.2 Å². The Kier molecular flexibility index (Phi) is 6.50. The van der Waals surface area contributed by atoms with Crippen molar-refractivity contribution in [2.45, 2.75) is 0 Å². The van der Waals surface area contributed by atoms with Crippen LogP contribution in [0.15, 0.2) is 30.0 Å². The van der Waals surface area contributed by atoms with Gasteiger partial charge in [0.25, 0.3) is 5.69 Å². The monoisotopic (exact) mass is 316 g/mol. The van der Waals surface area contributed by atoms with Crippen molar-refractivity contribution in [1.82, 2.24) is 0 Å². The van der Waals surface area contributed by atoms with Crippen LogP contribution in [0.25, 0.3) is 10.6 Å². The number of aliphatic hydroxyl groups is 1. The van der Waals surface area contributed by atoms with Crippen molar-refractivity contribution >= 4 is 17.4 Å². The van der Waals surface area contributed by atoms with E-state index < -0.39 is 22.3 Å². The van der Waals surface area contributed by atoms with Crippen LogP contribution in [-0.2, 0) is 26.0 Å². The standard InChI is InChI=1S/C12H6N2O5.Ni/c1-3-19-12(16)10(13-2)11(15)8-4-6-9(7-5-8)14(17)18;/h1,4-7,15H;/b11-10+;. The predicted molar refractivity (Wildman–Crippen MR) is 64.2 cm³/mol. The zero-order valence-corrected chi connectivity index (χ0v) is 10.7. The van der Waals surface area contributed by atoms with Gasteiger partial charge in [-0.15, -0.1) is 0 Å². The maximum Gasteiger partial charge on any atom is 0.354 e.